The van der Waals surface area contributed by atoms with Gasteiger partial charge in [0.25, 0.3) is 0 Å². The van der Waals surface area contributed by atoms with Crippen molar-refractivity contribution in [3.8, 4) is 0 Å². The maximum absolute atomic E-state index is 2.32. The Kier molecular flexibility index (Phi) is 1.44. The van der Waals surface area contributed by atoms with E-state index >= 15 is 0 Å². The Balaban J connectivity index is 2.04. The summed E-state index contributed by atoms with van der Waals surface area (Å²) in [4.78, 5) is 0. The molecule has 0 amide bonds. The van der Waals surface area contributed by atoms with E-state index in [-0.39, 0.29) is 4.75 Å². The molecule has 3 rings (SSSR count). The SMILES string of the molecule is C1=CC2SC2(c2ccccc2)C=C1. The molecule has 1 heterocycles. The molecule has 1 fully saturated rings. The molecule has 0 nitrogen and oxygen atoms in total. The highest BCUT2D eigenvalue weighted by Gasteiger charge is 2.53. The van der Waals surface area contributed by atoms with Crippen molar-refractivity contribution in [1.29, 1.82) is 0 Å². The molecule has 1 aliphatic carbocycles. The highest BCUT2D eigenvalue weighted by Crippen LogP contribution is 2.63. The lowest BCUT2D eigenvalue weighted by atomic mass is 9.93. The van der Waals surface area contributed by atoms with Gasteiger partial charge in [0.1, 0.15) is 0 Å². The molecular weight excluding hydrogens is 176 g/mol. The minimum absolute atomic E-state index is 0.288. The zero-order valence-electron chi connectivity index (χ0n) is 7.18. The second-order valence-corrected chi connectivity index (χ2v) is 4.86. The molecule has 2 aliphatic rings. The first kappa shape index (κ1) is 7.45. The zero-order chi connectivity index (χ0) is 8.73. The van der Waals surface area contributed by atoms with Gasteiger partial charge in [0, 0.05) is 5.25 Å². The summed E-state index contributed by atoms with van der Waals surface area (Å²) in [6.45, 7) is 0. The summed E-state index contributed by atoms with van der Waals surface area (Å²) in [5, 5.41) is 0.680. The number of rotatable bonds is 1. The van der Waals surface area contributed by atoms with Crippen LogP contribution >= 0.6 is 11.8 Å². The van der Waals surface area contributed by atoms with E-state index in [1.54, 1.807) is 0 Å². The van der Waals surface area contributed by atoms with Crippen LogP contribution in [-0.4, -0.2) is 5.25 Å². The average molecular weight is 186 g/mol. The van der Waals surface area contributed by atoms with Crippen LogP contribution in [0.3, 0.4) is 0 Å². The smallest absolute Gasteiger partial charge is 0.0751 e. The number of fused-ring (bicyclic) bond motifs is 1. The van der Waals surface area contributed by atoms with Crippen LogP contribution in [0.2, 0.25) is 0 Å². The molecule has 0 saturated carbocycles. The van der Waals surface area contributed by atoms with Gasteiger partial charge in [0.2, 0.25) is 0 Å². The van der Waals surface area contributed by atoms with E-state index in [9.17, 15) is 0 Å². The average Bonchev–Trinajstić information content (AvgIpc) is 2.94. The molecule has 0 spiro atoms. The number of hydrogen-bond acceptors (Lipinski definition) is 1. The lowest BCUT2D eigenvalue weighted by molar-refractivity contribution is 0.904. The highest BCUT2D eigenvalue weighted by molar-refractivity contribution is 8.08. The first-order valence-corrected chi connectivity index (χ1v) is 5.39. The van der Waals surface area contributed by atoms with Crippen molar-refractivity contribution in [3.05, 3.63) is 60.2 Å². The summed E-state index contributed by atoms with van der Waals surface area (Å²) < 4.78 is 0.288. The molecule has 0 aromatic heterocycles. The van der Waals surface area contributed by atoms with Crippen LogP contribution < -0.4 is 0 Å². The summed E-state index contributed by atoms with van der Waals surface area (Å²) in [6.07, 6.45) is 8.91. The topological polar surface area (TPSA) is 0 Å². The van der Waals surface area contributed by atoms with Gasteiger partial charge in [-0.2, -0.15) is 0 Å². The maximum atomic E-state index is 2.32. The molecule has 64 valence electrons. The quantitative estimate of drug-likeness (QED) is 0.607. The molecule has 2 atom stereocenters. The van der Waals surface area contributed by atoms with Crippen molar-refractivity contribution in [2.45, 2.75) is 10.00 Å². The number of thioether (sulfide) groups is 1. The van der Waals surface area contributed by atoms with Crippen molar-refractivity contribution < 1.29 is 0 Å². The van der Waals surface area contributed by atoms with Crippen LogP contribution in [0.15, 0.2) is 54.6 Å². The third-order valence-electron chi connectivity index (χ3n) is 2.65. The minimum Gasteiger partial charge on any atom is -0.135 e. The van der Waals surface area contributed by atoms with Crippen LogP contribution in [0.1, 0.15) is 5.56 Å². The Morgan fingerprint density at radius 1 is 1.08 bits per heavy atom. The van der Waals surface area contributed by atoms with E-state index in [1.807, 2.05) is 11.8 Å². The Morgan fingerprint density at radius 3 is 2.69 bits per heavy atom. The second kappa shape index (κ2) is 2.52. The summed E-state index contributed by atoms with van der Waals surface area (Å²) in [5.74, 6) is 0. The zero-order valence-corrected chi connectivity index (χ0v) is 8.00. The van der Waals surface area contributed by atoms with Crippen LogP contribution in [0, 0.1) is 0 Å². The van der Waals surface area contributed by atoms with Crippen molar-refractivity contribution in [3.63, 3.8) is 0 Å². The molecule has 2 unspecified atom stereocenters. The van der Waals surface area contributed by atoms with Gasteiger partial charge < -0.3 is 0 Å². The standard InChI is InChI=1S/C12H10S/c1-2-6-10(7-3-1)12-9-5-4-8-11(12)13-12/h1-9,11H. The van der Waals surface area contributed by atoms with Crippen molar-refractivity contribution in [2.75, 3.05) is 0 Å². The predicted molar refractivity (Wildman–Crippen MR) is 57.8 cm³/mol. The van der Waals surface area contributed by atoms with E-state index in [0.717, 1.165) is 0 Å². The maximum Gasteiger partial charge on any atom is 0.0751 e. The fourth-order valence-corrected chi connectivity index (χ4v) is 3.13. The fourth-order valence-electron chi connectivity index (χ4n) is 1.88. The number of benzene rings is 1. The summed E-state index contributed by atoms with van der Waals surface area (Å²) in [6, 6.07) is 10.7. The van der Waals surface area contributed by atoms with Gasteiger partial charge in [-0.3, -0.25) is 0 Å². The van der Waals surface area contributed by atoms with Crippen LogP contribution in [0.5, 0.6) is 0 Å². The van der Waals surface area contributed by atoms with Gasteiger partial charge in [0.15, 0.2) is 0 Å². The van der Waals surface area contributed by atoms with Crippen molar-refractivity contribution in [1.82, 2.24) is 0 Å². The Hall–Kier alpha value is -0.950. The van der Waals surface area contributed by atoms with Crippen LogP contribution in [0.25, 0.3) is 0 Å². The van der Waals surface area contributed by atoms with Crippen LogP contribution in [-0.2, 0) is 4.75 Å². The minimum atomic E-state index is 0.288. The Labute approximate surface area is 82.4 Å². The Morgan fingerprint density at radius 2 is 1.92 bits per heavy atom. The van der Waals surface area contributed by atoms with Gasteiger partial charge in [-0.15, -0.1) is 11.8 Å². The molecule has 1 aromatic carbocycles. The molecule has 1 aliphatic heterocycles. The third-order valence-corrected chi connectivity index (χ3v) is 4.20. The van der Waals surface area contributed by atoms with E-state index in [2.05, 4.69) is 54.6 Å². The first-order chi connectivity index (χ1) is 6.42. The fraction of sp³-hybridized carbons (Fsp3) is 0.167. The van der Waals surface area contributed by atoms with Gasteiger partial charge >= 0.3 is 0 Å². The summed E-state index contributed by atoms with van der Waals surface area (Å²) in [5.41, 5.74) is 1.44. The van der Waals surface area contributed by atoms with Crippen LogP contribution in [0.4, 0.5) is 0 Å². The van der Waals surface area contributed by atoms with Gasteiger partial charge in [0.05, 0.1) is 4.75 Å². The van der Waals surface area contributed by atoms with E-state index in [4.69, 9.17) is 0 Å². The monoisotopic (exact) mass is 186 g/mol. The molecule has 1 heteroatoms. The molecule has 0 bridgehead atoms. The van der Waals surface area contributed by atoms with Crippen molar-refractivity contribution in [2.24, 2.45) is 0 Å². The number of hydrogen-bond donors (Lipinski definition) is 0. The molecular formula is C12H10S. The molecule has 0 N–H and O–H groups in total. The van der Waals surface area contributed by atoms with E-state index < -0.39 is 0 Å². The van der Waals surface area contributed by atoms with Gasteiger partial charge in [-0.05, 0) is 5.56 Å². The third kappa shape index (κ3) is 1.00. The largest absolute Gasteiger partial charge is 0.135 e. The lowest BCUT2D eigenvalue weighted by Gasteiger charge is -2.11. The Bertz CT molecular complexity index is 377. The lowest BCUT2D eigenvalue weighted by Crippen LogP contribution is -2.08. The molecule has 1 saturated heterocycles. The van der Waals surface area contributed by atoms with E-state index in [0.29, 0.717) is 5.25 Å². The normalized spacial score (nSPS) is 34.3. The van der Waals surface area contributed by atoms with Gasteiger partial charge in [-0.25, -0.2) is 0 Å². The molecule has 1 aromatic rings. The summed E-state index contributed by atoms with van der Waals surface area (Å²) >= 11 is 2.03. The summed E-state index contributed by atoms with van der Waals surface area (Å²) in [7, 11) is 0. The molecule has 0 radical (unpaired) electrons. The molecule has 13 heavy (non-hydrogen) atoms. The van der Waals surface area contributed by atoms with E-state index in [1.165, 1.54) is 5.56 Å². The number of allylic oxidation sites excluding steroid dienone is 2. The van der Waals surface area contributed by atoms with Gasteiger partial charge in [-0.1, -0.05) is 54.6 Å². The highest BCUT2D eigenvalue weighted by atomic mass is 32.2. The van der Waals surface area contributed by atoms with Crippen molar-refractivity contribution >= 4 is 11.8 Å². The second-order valence-electron chi connectivity index (χ2n) is 3.44. The predicted octanol–water partition coefficient (Wildman–Crippen LogP) is 3.12. The first-order valence-electron chi connectivity index (χ1n) is 4.51.